The highest BCUT2D eigenvalue weighted by molar-refractivity contribution is 7.90. The van der Waals surface area contributed by atoms with Crippen LogP contribution in [0, 0.1) is 18.3 Å². The van der Waals surface area contributed by atoms with Gasteiger partial charge in [-0.1, -0.05) is 24.3 Å². The molecule has 0 aliphatic rings. The van der Waals surface area contributed by atoms with Crippen LogP contribution in [0.5, 0.6) is 5.75 Å². The van der Waals surface area contributed by atoms with Crippen molar-refractivity contribution in [3.05, 3.63) is 59.2 Å². The summed E-state index contributed by atoms with van der Waals surface area (Å²) in [6.45, 7) is 1.77. The molecule has 5 heteroatoms. The maximum atomic E-state index is 12.5. The molecule has 2 aromatic rings. The van der Waals surface area contributed by atoms with Gasteiger partial charge in [-0.05, 0) is 36.2 Å². The molecule has 0 aliphatic carbocycles. The van der Waals surface area contributed by atoms with Gasteiger partial charge in [0.2, 0.25) is 0 Å². The molecule has 108 valence electrons. The summed E-state index contributed by atoms with van der Waals surface area (Å²) >= 11 is 0. The Bertz CT molecular complexity index is 805. The molecular formula is C16H15NO3S. The third-order valence-electron chi connectivity index (χ3n) is 3.17. The number of rotatable bonds is 4. The summed E-state index contributed by atoms with van der Waals surface area (Å²) in [4.78, 5) is 0.327. The summed E-state index contributed by atoms with van der Waals surface area (Å²) < 4.78 is 30.0. The molecule has 0 radical (unpaired) electrons. The fourth-order valence-electron chi connectivity index (χ4n) is 2.12. The molecule has 0 spiro atoms. The van der Waals surface area contributed by atoms with Crippen LogP contribution in [0.2, 0.25) is 0 Å². The molecule has 4 nitrogen and oxygen atoms in total. The quantitative estimate of drug-likeness (QED) is 0.871. The van der Waals surface area contributed by atoms with E-state index in [0.29, 0.717) is 21.8 Å². The van der Waals surface area contributed by atoms with Crippen molar-refractivity contribution in [2.45, 2.75) is 17.6 Å². The van der Waals surface area contributed by atoms with Crippen molar-refractivity contribution in [2.75, 3.05) is 7.11 Å². The summed E-state index contributed by atoms with van der Waals surface area (Å²) in [6, 6.07) is 13.7. The molecule has 0 unspecified atom stereocenters. The number of aryl methyl sites for hydroxylation is 1. The van der Waals surface area contributed by atoms with E-state index in [-0.39, 0.29) is 5.75 Å². The van der Waals surface area contributed by atoms with Crippen molar-refractivity contribution < 1.29 is 13.2 Å². The van der Waals surface area contributed by atoms with Crippen molar-refractivity contribution in [2.24, 2.45) is 0 Å². The molecular weight excluding hydrogens is 286 g/mol. The van der Waals surface area contributed by atoms with Crippen molar-refractivity contribution in [1.29, 1.82) is 5.26 Å². The van der Waals surface area contributed by atoms with E-state index in [0.717, 1.165) is 5.56 Å². The summed E-state index contributed by atoms with van der Waals surface area (Å²) in [5, 5.41) is 8.94. The maximum absolute atomic E-state index is 12.5. The van der Waals surface area contributed by atoms with Gasteiger partial charge in [0.1, 0.15) is 11.8 Å². The normalized spacial score (nSPS) is 10.9. The Balaban J connectivity index is 2.38. The Morgan fingerprint density at radius 2 is 1.90 bits per heavy atom. The van der Waals surface area contributed by atoms with Gasteiger partial charge in [-0.3, -0.25) is 0 Å². The number of hydrogen-bond donors (Lipinski definition) is 0. The molecule has 0 saturated carbocycles. The maximum Gasteiger partial charge on any atom is 0.182 e. The molecule has 0 bridgehead atoms. The van der Waals surface area contributed by atoms with Crippen LogP contribution in [-0.2, 0) is 15.6 Å². The zero-order chi connectivity index (χ0) is 15.5. The van der Waals surface area contributed by atoms with Crippen LogP contribution in [-0.4, -0.2) is 15.5 Å². The van der Waals surface area contributed by atoms with Crippen LogP contribution in [0.25, 0.3) is 0 Å². The molecule has 2 rings (SSSR count). The minimum Gasteiger partial charge on any atom is -0.495 e. The highest BCUT2D eigenvalue weighted by Gasteiger charge is 2.18. The smallest absolute Gasteiger partial charge is 0.182 e. The first-order chi connectivity index (χ1) is 9.97. The first-order valence-corrected chi connectivity index (χ1v) is 7.98. The van der Waals surface area contributed by atoms with Crippen molar-refractivity contribution in [3.8, 4) is 11.8 Å². The van der Waals surface area contributed by atoms with Gasteiger partial charge in [0, 0.05) is 0 Å². The van der Waals surface area contributed by atoms with Crippen molar-refractivity contribution in [3.63, 3.8) is 0 Å². The molecule has 0 aromatic heterocycles. The Morgan fingerprint density at radius 3 is 2.52 bits per heavy atom. The van der Waals surface area contributed by atoms with Gasteiger partial charge in [0.05, 0.1) is 23.3 Å². The average molecular weight is 301 g/mol. The molecule has 2 aromatic carbocycles. The van der Waals surface area contributed by atoms with E-state index in [1.165, 1.54) is 7.11 Å². The Kier molecular flexibility index (Phi) is 4.29. The van der Waals surface area contributed by atoms with E-state index in [2.05, 4.69) is 0 Å². The second-order valence-corrected chi connectivity index (χ2v) is 6.63. The number of nitrogens with zero attached hydrogens (tertiary/aromatic N) is 1. The number of methoxy groups -OCH3 is 1. The predicted octanol–water partition coefficient (Wildman–Crippen LogP) is 2.85. The van der Waals surface area contributed by atoms with E-state index in [1.807, 2.05) is 6.07 Å². The van der Waals surface area contributed by atoms with Gasteiger partial charge in [0.15, 0.2) is 9.84 Å². The lowest BCUT2D eigenvalue weighted by Crippen LogP contribution is -2.07. The first-order valence-electron chi connectivity index (χ1n) is 6.33. The summed E-state index contributed by atoms with van der Waals surface area (Å²) in [6.07, 6.45) is 0. The minimum atomic E-state index is -3.43. The van der Waals surface area contributed by atoms with E-state index in [9.17, 15) is 8.42 Å². The number of hydrogen-bond acceptors (Lipinski definition) is 4. The van der Waals surface area contributed by atoms with Crippen LogP contribution in [0.3, 0.4) is 0 Å². The topological polar surface area (TPSA) is 67.2 Å². The SMILES string of the molecule is COc1cc(CS(=O)(=O)c2ccccc2C)ccc1C#N. The predicted molar refractivity (Wildman–Crippen MR) is 79.8 cm³/mol. The van der Waals surface area contributed by atoms with Gasteiger partial charge in [-0.15, -0.1) is 0 Å². The molecule has 0 amide bonds. The second kappa shape index (κ2) is 5.98. The lowest BCUT2D eigenvalue weighted by molar-refractivity contribution is 0.413. The van der Waals surface area contributed by atoms with Gasteiger partial charge in [-0.2, -0.15) is 5.26 Å². The van der Waals surface area contributed by atoms with E-state index >= 15 is 0 Å². The van der Waals surface area contributed by atoms with Gasteiger partial charge in [-0.25, -0.2) is 8.42 Å². The van der Waals surface area contributed by atoms with Crippen LogP contribution in [0.4, 0.5) is 0 Å². The monoisotopic (exact) mass is 301 g/mol. The van der Waals surface area contributed by atoms with Crippen molar-refractivity contribution in [1.82, 2.24) is 0 Å². The van der Waals surface area contributed by atoms with E-state index in [4.69, 9.17) is 10.00 Å². The molecule has 0 aliphatic heterocycles. The molecule has 21 heavy (non-hydrogen) atoms. The van der Waals surface area contributed by atoms with Gasteiger partial charge >= 0.3 is 0 Å². The van der Waals surface area contributed by atoms with Crippen LogP contribution < -0.4 is 4.74 Å². The number of ether oxygens (including phenoxy) is 1. The minimum absolute atomic E-state index is 0.125. The average Bonchev–Trinajstić information content (AvgIpc) is 2.47. The zero-order valence-corrected chi connectivity index (χ0v) is 12.6. The van der Waals surface area contributed by atoms with Gasteiger partial charge < -0.3 is 4.74 Å². The summed E-state index contributed by atoms with van der Waals surface area (Å²) in [5.74, 6) is 0.259. The molecule has 0 heterocycles. The van der Waals surface area contributed by atoms with E-state index < -0.39 is 9.84 Å². The molecule has 0 fully saturated rings. The molecule has 0 N–H and O–H groups in total. The molecule has 0 atom stereocenters. The summed E-state index contributed by atoms with van der Waals surface area (Å²) in [7, 11) is -1.97. The number of benzene rings is 2. The lowest BCUT2D eigenvalue weighted by atomic mass is 10.1. The zero-order valence-electron chi connectivity index (χ0n) is 11.8. The Hall–Kier alpha value is -2.32. The summed E-state index contributed by atoms with van der Waals surface area (Å²) in [5.41, 5.74) is 1.70. The second-order valence-electron chi connectivity index (χ2n) is 4.67. The fraction of sp³-hybridized carbons (Fsp3) is 0.188. The van der Waals surface area contributed by atoms with Crippen LogP contribution in [0.1, 0.15) is 16.7 Å². The fourth-order valence-corrected chi connectivity index (χ4v) is 3.74. The first kappa shape index (κ1) is 15.1. The van der Waals surface area contributed by atoms with Crippen LogP contribution in [0.15, 0.2) is 47.4 Å². The Morgan fingerprint density at radius 1 is 1.19 bits per heavy atom. The number of nitriles is 1. The third kappa shape index (κ3) is 3.23. The molecule has 0 saturated heterocycles. The highest BCUT2D eigenvalue weighted by Crippen LogP contribution is 2.24. The van der Waals surface area contributed by atoms with Crippen LogP contribution >= 0.6 is 0 Å². The van der Waals surface area contributed by atoms with E-state index in [1.54, 1.807) is 49.4 Å². The largest absolute Gasteiger partial charge is 0.495 e. The number of sulfone groups is 1. The lowest BCUT2D eigenvalue weighted by Gasteiger charge is -2.09. The highest BCUT2D eigenvalue weighted by atomic mass is 32.2. The van der Waals surface area contributed by atoms with Crippen molar-refractivity contribution >= 4 is 9.84 Å². The third-order valence-corrected chi connectivity index (χ3v) is 5.01. The van der Waals surface area contributed by atoms with Gasteiger partial charge in [0.25, 0.3) is 0 Å². The standard InChI is InChI=1S/C16H15NO3S/c1-12-5-3-4-6-16(12)21(18,19)11-13-7-8-14(10-17)15(9-13)20-2/h3-9H,11H2,1-2H3. The Labute approximate surface area is 124 Å².